The normalized spacial score (nSPS) is 10.6. The van der Waals surface area contributed by atoms with Crippen molar-refractivity contribution in [2.24, 2.45) is 0 Å². The molecule has 1 aromatic heterocycles. The van der Waals surface area contributed by atoms with Crippen molar-refractivity contribution in [1.29, 1.82) is 5.26 Å². The number of nitriles is 1. The minimum Gasteiger partial charge on any atom is -0.337 e. The Morgan fingerprint density at radius 3 is 2.33 bits per heavy atom. The first-order valence-corrected chi connectivity index (χ1v) is 7.84. The number of rotatable bonds is 5. The monoisotopic (exact) mass is 341 g/mol. The quantitative estimate of drug-likeness (QED) is 0.572. The summed E-state index contributed by atoms with van der Waals surface area (Å²) in [7, 11) is 0. The van der Waals surface area contributed by atoms with Gasteiger partial charge >= 0.3 is 0 Å². The standard InChI is InChI=1S/C16H15N5O2S/c1-10-9-24-16(19-10)18-8-12(7-17)15(23)21-14-5-3-13(4-6-14)20-11(2)22/h3-6,8-9H,1-2H3,(H,18,19)(H,20,22)(H,21,23)/b12-8-. The Morgan fingerprint density at radius 2 is 1.83 bits per heavy atom. The molecule has 0 saturated heterocycles. The van der Waals surface area contributed by atoms with Crippen molar-refractivity contribution >= 4 is 39.7 Å². The van der Waals surface area contributed by atoms with Crippen LogP contribution in [0.15, 0.2) is 41.4 Å². The van der Waals surface area contributed by atoms with Gasteiger partial charge < -0.3 is 16.0 Å². The molecular weight excluding hydrogens is 326 g/mol. The number of carbonyl (C=O) groups excluding carboxylic acids is 2. The maximum atomic E-state index is 12.1. The molecule has 0 fully saturated rings. The molecule has 2 rings (SSSR count). The lowest BCUT2D eigenvalue weighted by Crippen LogP contribution is -2.14. The van der Waals surface area contributed by atoms with Crippen LogP contribution in [0.3, 0.4) is 0 Å². The molecule has 8 heteroatoms. The van der Waals surface area contributed by atoms with E-state index in [-0.39, 0.29) is 11.5 Å². The molecule has 0 aliphatic heterocycles. The van der Waals surface area contributed by atoms with Crippen LogP contribution in [-0.4, -0.2) is 16.8 Å². The van der Waals surface area contributed by atoms with E-state index in [0.29, 0.717) is 16.5 Å². The Labute approximate surface area is 143 Å². The van der Waals surface area contributed by atoms with Gasteiger partial charge in [0.15, 0.2) is 5.13 Å². The molecule has 0 saturated carbocycles. The first kappa shape index (κ1) is 17.2. The average Bonchev–Trinajstić information content (AvgIpc) is 2.95. The van der Waals surface area contributed by atoms with Crippen LogP contribution in [0.1, 0.15) is 12.6 Å². The number of anilines is 3. The predicted molar refractivity (Wildman–Crippen MR) is 93.5 cm³/mol. The number of hydrogen-bond acceptors (Lipinski definition) is 6. The summed E-state index contributed by atoms with van der Waals surface area (Å²) < 4.78 is 0. The summed E-state index contributed by atoms with van der Waals surface area (Å²) >= 11 is 1.38. The molecule has 1 aromatic carbocycles. The van der Waals surface area contributed by atoms with Gasteiger partial charge in [-0.15, -0.1) is 11.3 Å². The van der Waals surface area contributed by atoms with Gasteiger partial charge in [0.1, 0.15) is 11.6 Å². The maximum Gasteiger partial charge on any atom is 0.267 e. The lowest BCUT2D eigenvalue weighted by atomic mass is 10.2. The molecule has 0 atom stereocenters. The number of aromatic nitrogens is 1. The first-order chi connectivity index (χ1) is 11.5. The summed E-state index contributed by atoms with van der Waals surface area (Å²) in [6, 6.07) is 8.42. The smallest absolute Gasteiger partial charge is 0.267 e. The van der Waals surface area contributed by atoms with Crippen LogP contribution in [0.5, 0.6) is 0 Å². The predicted octanol–water partition coefficient (Wildman–Crippen LogP) is 2.87. The molecule has 3 N–H and O–H groups in total. The van der Waals surface area contributed by atoms with Crippen LogP contribution in [0, 0.1) is 18.3 Å². The molecule has 2 aromatic rings. The molecule has 7 nitrogen and oxygen atoms in total. The van der Waals surface area contributed by atoms with Crippen molar-refractivity contribution in [3.63, 3.8) is 0 Å². The number of nitrogens with zero attached hydrogens (tertiary/aromatic N) is 2. The Morgan fingerprint density at radius 1 is 1.21 bits per heavy atom. The number of hydrogen-bond donors (Lipinski definition) is 3. The zero-order valence-corrected chi connectivity index (χ0v) is 13.9. The third-order valence-electron chi connectivity index (χ3n) is 2.79. The van der Waals surface area contributed by atoms with Crippen LogP contribution in [0.2, 0.25) is 0 Å². The fourth-order valence-electron chi connectivity index (χ4n) is 1.74. The Kier molecular flexibility index (Phi) is 5.65. The van der Waals surface area contributed by atoms with Crippen molar-refractivity contribution in [2.75, 3.05) is 16.0 Å². The van der Waals surface area contributed by atoms with Crippen molar-refractivity contribution in [3.05, 3.63) is 47.1 Å². The number of carbonyl (C=O) groups is 2. The summed E-state index contributed by atoms with van der Waals surface area (Å²) in [6.45, 7) is 3.27. The molecule has 24 heavy (non-hydrogen) atoms. The molecule has 0 aliphatic carbocycles. The molecule has 0 bridgehead atoms. The summed E-state index contributed by atoms with van der Waals surface area (Å²) in [5.41, 5.74) is 1.92. The zero-order chi connectivity index (χ0) is 17.5. The van der Waals surface area contributed by atoms with E-state index in [1.54, 1.807) is 24.3 Å². The summed E-state index contributed by atoms with van der Waals surface area (Å²) in [5, 5.41) is 19.7. The lowest BCUT2D eigenvalue weighted by Gasteiger charge is -2.06. The third-order valence-corrected chi connectivity index (χ3v) is 3.68. The van der Waals surface area contributed by atoms with E-state index in [2.05, 4.69) is 20.9 Å². The number of thiazole rings is 1. The number of nitrogens with one attached hydrogen (secondary N) is 3. The summed E-state index contributed by atoms with van der Waals surface area (Å²) in [4.78, 5) is 27.2. The summed E-state index contributed by atoms with van der Waals surface area (Å²) in [6.07, 6.45) is 1.32. The molecule has 1 heterocycles. The van der Waals surface area contributed by atoms with Gasteiger partial charge in [-0.25, -0.2) is 4.98 Å². The van der Waals surface area contributed by atoms with E-state index in [9.17, 15) is 9.59 Å². The second-order valence-electron chi connectivity index (χ2n) is 4.82. The molecule has 122 valence electrons. The van der Waals surface area contributed by atoms with E-state index in [1.807, 2.05) is 18.4 Å². The highest BCUT2D eigenvalue weighted by Gasteiger charge is 2.10. The highest BCUT2D eigenvalue weighted by Crippen LogP contribution is 2.16. The fourth-order valence-corrected chi connectivity index (χ4v) is 2.40. The van der Waals surface area contributed by atoms with E-state index < -0.39 is 5.91 Å². The van der Waals surface area contributed by atoms with Crippen LogP contribution in [0.25, 0.3) is 0 Å². The number of amides is 2. The topological polar surface area (TPSA) is 107 Å². The van der Waals surface area contributed by atoms with Crippen molar-refractivity contribution in [3.8, 4) is 6.07 Å². The number of benzene rings is 1. The van der Waals surface area contributed by atoms with Gasteiger partial charge in [0.25, 0.3) is 5.91 Å². The minimum absolute atomic E-state index is 0.0752. The maximum absolute atomic E-state index is 12.1. The Balaban J connectivity index is 2.01. The third kappa shape index (κ3) is 4.93. The SMILES string of the molecule is CC(=O)Nc1ccc(NC(=O)/C(C#N)=C\Nc2nc(C)cs2)cc1. The van der Waals surface area contributed by atoms with Gasteiger partial charge in [-0.05, 0) is 31.2 Å². The van der Waals surface area contributed by atoms with Gasteiger partial charge in [-0.1, -0.05) is 0 Å². The fraction of sp³-hybridized carbons (Fsp3) is 0.125. The van der Waals surface area contributed by atoms with Crippen LogP contribution < -0.4 is 16.0 Å². The average molecular weight is 341 g/mol. The highest BCUT2D eigenvalue weighted by atomic mass is 32.1. The molecule has 0 spiro atoms. The molecule has 0 aliphatic rings. The van der Waals surface area contributed by atoms with Crippen molar-refractivity contribution < 1.29 is 9.59 Å². The van der Waals surface area contributed by atoms with Crippen molar-refractivity contribution in [1.82, 2.24) is 4.98 Å². The lowest BCUT2D eigenvalue weighted by molar-refractivity contribution is -0.114. The minimum atomic E-state index is -0.537. The van der Waals surface area contributed by atoms with Gasteiger partial charge in [0.2, 0.25) is 5.91 Å². The Hall–Kier alpha value is -3.18. The summed E-state index contributed by atoms with van der Waals surface area (Å²) in [5.74, 6) is -0.712. The zero-order valence-electron chi connectivity index (χ0n) is 13.1. The van der Waals surface area contributed by atoms with Gasteiger partial charge in [-0.2, -0.15) is 5.26 Å². The molecular formula is C16H15N5O2S. The Bertz CT molecular complexity index is 818. The largest absolute Gasteiger partial charge is 0.337 e. The van der Waals surface area contributed by atoms with E-state index in [4.69, 9.17) is 5.26 Å². The van der Waals surface area contributed by atoms with E-state index in [0.717, 1.165) is 5.69 Å². The molecule has 0 radical (unpaired) electrons. The van der Waals surface area contributed by atoms with Crippen LogP contribution in [0.4, 0.5) is 16.5 Å². The highest BCUT2D eigenvalue weighted by molar-refractivity contribution is 7.13. The molecule has 2 amide bonds. The van der Waals surface area contributed by atoms with Crippen LogP contribution >= 0.6 is 11.3 Å². The van der Waals surface area contributed by atoms with E-state index in [1.165, 1.54) is 24.5 Å². The van der Waals surface area contributed by atoms with Gasteiger partial charge in [0, 0.05) is 29.9 Å². The van der Waals surface area contributed by atoms with Gasteiger partial charge in [-0.3, -0.25) is 9.59 Å². The van der Waals surface area contributed by atoms with Gasteiger partial charge in [0.05, 0.1) is 5.69 Å². The second-order valence-corrected chi connectivity index (χ2v) is 5.68. The number of aryl methyl sites for hydroxylation is 1. The van der Waals surface area contributed by atoms with Crippen molar-refractivity contribution in [2.45, 2.75) is 13.8 Å². The second kappa shape index (κ2) is 7.89. The molecule has 0 unspecified atom stereocenters. The first-order valence-electron chi connectivity index (χ1n) is 6.96. The van der Waals surface area contributed by atoms with E-state index >= 15 is 0 Å². The van der Waals surface area contributed by atoms with Crippen LogP contribution in [-0.2, 0) is 9.59 Å².